The van der Waals surface area contributed by atoms with Crippen LogP contribution in [-0.4, -0.2) is 69.8 Å². The lowest BCUT2D eigenvalue weighted by atomic mass is 10.0. The quantitative estimate of drug-likeness (QED) is 0.216. The maximum absolute atomic E-state index is 12.7. The zero-order valence-electron chi connectivity index (χ0n) is 17.7. The second-order valence-electron chi connectivity index (χ2n) is 7.54. The van der Waals surface area contributed by atoms with Crippen LogP contribution in [0.1, 0.15) is 26.3 Å². The summed E-state index contributed by atoms with van der Waals surface area (Å²) in [5.74, 6) is -3.70. The lowest BCUT2D eigenvalue weighted by Crippen LogP contribution is -2.60. The van der Waals surface area contributed by atoms with Crippen molar-refractivity contribution in [2.45, 2.75) is 51.4 Å². The average molecular weight is 438 g/mol. The molecule has 4 atom stereocenters. The third-order valence-corrected chi connectivity index (χ3v) is 4.51. The van der Waals surface area contributed by atoms with Crippen LogP contribution in [0.3, 0.4) is 0 Å². The summed E-state index contributed by atoms with van der Waals surface area (Å²) in [6.07, 6.45) is -1.32. The minimum Gasteiger partial charge on any atom is -0.508 e. The molecule has 0 radical (unpaired) electrons. The topological polar surface area (TPSA) is 191 Å². The van der Waals surface area contributed by atoms with Gasteiger partial charge in [-0.15, -0.1) is 0 Å². The van der Waals surface area contributed by atoms with Gasteiger partial charge >= 0.3 is 5.97 Å². The van der Waals surface area contributed by atoms with E-state index >= 15 is 0 Å². The second kappa shape index (κ2) is 11.9. The summed E-state index contributed by atoms with van der Waals surface area (Å²) in [6.45, 7) is 4.09. The van der Waals surface area contributed by atoms with E-state index < -0.39 is 54.5 Å². The van der Waals surface area contributed by atoms with Gasteiger partial charge in [0.1, 0.15) is 24.4 Å². The number of hydrogen-bond donors (Lipinski definition) is 7. The predicted octanol–water partition coefficient (Wildman–Crippen LogP) is -1.53. The molecule has 11 heteroatoms. The molecule has 0 bridgehead atoms. The molecular formula is C20H30N4O7. The summed E-state index contributed by atoms with van der Waals surface area (Å²) in [7, 11) is 0. The molecule has 0 fully saturated rings. The number of carbonyl (C=O) groups excluding carboxylic acids is 3. The Morgan fingerprint density at radius 3 is 2.03 bits per heavy atom. The van der Waals surface area contributed by atoms with Crippen molar-refractivity contribution in [2.75, 3.05) is 6.54 Å². The van der Waals surface area contributed by atoms with Crippen LogP contribution in [0.25, 0.3) is 0 Å². The Balaban J connectivity index is 3.00. The van der Waals surface area contributed by atoms with Gasteiger partial charge in [0.2, 0.25) is 17.7 Å². The van der Waals surface area contributed by atoms with Crippen molar-refractivity contribution >= 4 is 23.7 Å². The Hall–Kier alpha value is -3.18. The molecule has 8 N–H and O–H groups in total. The predicted molar refractivity (Wildman–Crippen MR) is 111 cm³/mol. The van der Waals surface area contributed by atoms with Crippen molar-refractivity contribution in [3.63, 3.8) is 0 Å². The highest BCUT2D eigenvalue weighted by molar-refractivity contribution is 5.94. The van der Waals surface area contributed by atoms with Crippen LogP contribution in [0.5, 0.6) is 5.75 Å². The van der Waals surface area contributed by atoms with E-state index in [2.05, 4.69) is 16.0 Å². The smallest absolute Gasteiger partial charge is 0.322 e. The van der Waals surface area contributed by atoms with Gasteiger partial charge in [-0.2, -0.15) is 0 Å². The minimum atomic E-state index is -1.38. The summed E-state index contributed by atoms with van der Waals surface area (Å²) in [5.41, 5.74) is 6.35. The molecule has 0 aromatic heterocycles. The third kappa shape index (κ3) is 8.60. The number of carboxylic acids is 1. The van der Waals surface area contributed by atoms with E-state index in [0.717, 1.165) is 0 Å². The number of amides is 3. The number of benzene rings is 1. The minimum absolute atomic E-state index is 0.0121. The number of phenols is 1. The number of nitrogens with two attached hydrogens (primary N) is 1. The van der Waals surface area contributed by atoms with Crippen LogP contribution in [-0.2, 0) is 25.6 Å². The summed E-state index contributed by atoms with van der Waals surface area (Å²) < 4.78 is 0. The van der Waals surface area contributed by atoms with Crippen molar-refractivity contribution in [2.24, 2.45) is 11.7 Å². The number of aromatic hydroxyl groups is 1. The highest BCUT2D eigenvalue weighted by Gasteiger charge is 2.31. The number of hydrogen-bond acceptors (Lipinski definition) is 7. The maximum atomic E-state index is 12.7. The zero-order valence-corrected chi connectivity index (χ0v) is 17.7. The average Bonchev–Trinajstić information content (AvgIpc) is 2.69. The largest absolute Gasteiger partial charge is 0.508 e. The van der Waals surface area contributed by atoms with Crippen molar-refractivity contribution in [1.82, 2.24) is 16.0 Å². The molecule has 0 unspecified atom stereocenters. The van der Waals surface area contributed by atoms with Gasteiger partial charge in [0, 0.05) is 6.42 Å². The van der Waals surface area contributed by atoms with Crippen LogP contribution in [0.4, 0.5) is 0 Å². The first kappa shape index (κ1) is 25.9. The fourth-order valence-corrected chi connectivity index (χ4v) is 2.58. The van der Waals surface area contributed by atoms with Crippen LogP contribution in [0.2, 0.25) is 0 Å². The molecule has 11 nitrogen and oxygen atoms in total. The first-order valence-corrected chi connectivity index (χ1v) is 9.74. The third-order valence-electron chi connectivity index (χ3n) is 4.51. The normalized spacial score (nSPS) is 14.8. The SMILES string of the molecule is CC(C)[C@H](N)C(=O)N[C@H](C(=O)N[C@@H](Cc1ccc(O)cc1)C(=O)NCC(=O)O)[C@@H](C)O. The molecule has 0 spiro atoms. The summed E-state index contributed by atoms with van der Waals surface area (Å²) in [6, 6.07) is 2.38. The number of carbonyl (C=O) groups is 4. The molecular weight excluding hydrogens is 408 g/mol. The van der Waals surface area contributed by atoms with Crippen LogP contribution < -0.4 is 21.7 Å². The highest BCUT2D eigenvalue weighted by atomic mass is 16.4. The molecule has 0 aliphatic heterocycles. The number of phenolic OH excluding ortho intramolecular Hbond substituents is 1. The van der Waals surface area contributed by atoms with E-state index in [9.17, 15) is 29.4 Å². The summed E-state index contributed by atoms with van der Waals surface area (Å²) >= 11 is 0. The molecule has 0 saturated heterocycles. The molecule has 31 heavy (non-hydrogen) atoms. The highest BCUT2D eigenvalue weighted by Crippen LogP contribution is 2.12. The monoisotopic (exact) mass is 438 g/mol. The van der Waals surface area contributed by atoms with E-state index in [1.54, 1.807) is 13.8 Å². The van der Waals surface area contributed by atoms with Gasteiger partial charge in [0.25, 0.3) is 0 Å². The van der Waals surface area contributed by atoms with E-state index in [1.807, 2.05) is 0 Å². The number of rotatable bonds is 11. The first-order chi connectivity index (χ1) is 14.4. The van der Waals surface area contributed by atoms with Crippen LogP contribution in [0.15, 0.2) is 24.3 Å². The Labute approximate surface area is 180 Å². The van der Waals surface area contributed by atoms with Gasteiger partial charge < -0.3 is 37.0 Å². The molecule has 0 saturated carbocycles. The number of carboxylic acid groups (broad SMARTS) is 1. The van der Waals surface area contributed by atoms with E-state index in [-0.39, 0.29) is 18.1 Å². The lowest BCUT2D eigenvalue weighted by Gasteiger charge is -2.26. The Kier molecular flexibility index (Phi) is 9.90. The van der Waals surface area contributed by atoms with Gasteiger partial charge in [-0.05, 0) is 30.5 Å². The first-order valence-electron chi connectivity index (χ1n) is 9.74. The Morgan fingerprint density at radius 1 is 0.968 bits per heavy atom. The molecule has 1 aromatic rings. The van der Waals surface area contributed by atoms with Gasteiger partial charge in [-0.25, -0.2) is 0 Å². The molecule has 0 heterocycles. The van der Waals surface area contributed by atoms with Crippen LogP contribution >= 0.6 is 0 Å². The van der Waals surface area contributed by atoms with Gasteiger partial charge in [-0.1, -0.05) is 26.0 Å². The van der Waals surface area contributed by atoms with Crippen molar-refractivity contribution in [3.8, 4) is 5.75 Å². The molecule has 1 rings (SSSR count). The summed E-state index contributed by atoms with van der Waals surface area (Å²) in [5, 5.41) is 35.2. The van der Waals surface area contributed by atoms with Crippen molar-refractivity contribution < 1.29 is 34.5 Å². The van der Waals surface area contributed by atoms with Gasteiger partial charge in [0.05, 0.1) is 12.1 Å². The number of aliphatic carboxylic acids is 1. The van der Waals surface area contributed by atoms with Crippen molar-refractivity contribution in [3.05, 3.63) is 29.8 Å². The van der Waals surface area contributed by atoms with E-state index in [0.29, 0.717) is 5.56 Å². The van der Waals surface area contributed by atoms with Gasteiger partial charge in [0.15, 0.2) is 0 Å². The zero-order chi connectivity index (χ0) is 23.7. The second-order valence-corrected chi connectivity index (χ2v) is 7.54. The van der Waals surface area contributed by atoms with Gasteiger partial charge in [-0.3, -0.25) is 19.2 Å². The molecule has 0 aliphatic rings. The van der Waals surface area contributed by atoms with Crippen LogP contribution in [0, 0.1) is 5.92 Å². The van der Waals surface area contributed by atoms with E-state index in [4.69, 9.17) is 10.8 Å². The number of aliphatic hydroxyl groups is 1. The Morgan fingerprint density at radius 2 is 1.55 bits per heavy atom. The van der Waals surface area contributed by atoms with Crippen molar-refractivity contribution in [1.29, 1.82) is 0 Å². The van der Waals surface area contributed by atoms with E-state index in [1.165, 1.54) is 31.2 Å². The Bertz CT molecular complexity index is 780. The summed E-state index contributed by atoms with van der Waals surface area (Å²) in [4.78, 5) is 48.2. The fraction of sp³-hybridized carbons (Fsp3) is 0.500. The molecule has 3 amide bonds. The maximum Gasteiger partial charge on any atom is 0.322 e. The standard InChI is InChI=1S/C20H30N4O7/c1-10(2)16(21)19(30)24-17(11(3)25)20(31)23-14(18(29)22-9-15(27)28)8-12-4-6-13(26)7-5-12/h4-7,10-11,14,16-17,25-26H,8-9,21H2,1-3H3,(H,22,29)(H,23,31)(H,24,30)(H,27,28)/t11-,14+,16+,17+/m1/s1. The lowest BCUT2D eigenvalue weighted by molar-refractivity contribution is -0.138. The fourth-order valence-electron chi connectivity index (χ4n) is 2.58. The number of nitrogens with one attached hydrogen (secondary N) is 3. The molecule has 0 aliphatic carbocycles. The molecule has 1 aromatic carbocycles. The molecule has 172 valence electrons. The number of aliphatic hydroxyl groups excluding tert-OH is 1.